The third-order valence-corrected chi connectivity index (χ3v) is 7.16. The number of aromatic hydroxyl groups is 1. The molecule has 3 unspecified atom stereocenters. The van der Waals surface area contributed by atoms with Gasteiger partial charge in [0.05, 0.1) is 12.2 Å². The number of Topliss-reactive ketones (excluding diaryl/α,β-unsaturated/α-hetero) is 2. The molecule has 6 N–H and O–H groups in total. The maximum absolute atomic E-state index is 13.6. The predicted molar refractivity (Wildman–Crippen MR) is 121 cm³/mol. The van der Waals surface area contributed by atoms with Crippen molar-refractivity contribution in [3.63, 3.8) is 0 Å². The minimum Gasteiger partial charge on any atom is -0.508 e. The van der Waals surface area contributed by atoms with Gasteiger partial charge in [-0.2, -0.15) is 0 Å². The number of methoxy groups -OCH3 is 1. The zero-order chi connectivity index (χ0) is 25.1. The molecule has 9 heteroatoms. The maximum Gasteiger partial charge on any atom is 0.255 e. The smallest absolute Gasteiger partial charge is 0.255 e. The number of hydrogen-bond donors (Lipinski definition) is 5. The van der Waals surface area contributed by atoms with Crippen LogP contribution in [0.2, 0.25) is 0 Å². The molecule has 34 heavy (non-hydrogen) atoms. The Labute approximate surface area is 196 Å². The SMILES string of the molecule is COCc1cc(CC(C)C)c(O)c2c1CC1CC3CC(=O)C(C(N)=O)=C(O)C3(O)C(=O)C1=C2O. The van der Waals surface area contributed by atoms with Gasteiger partial charge in [-0.3, -0.25) is 14.4 Å². The summed E-state index contributed by atoms with van der Waals surface area (Å²) in [6, 6.07) is 1.84. The number of aliphatic hydroxyl groups is 3. The van der Waals surface area contributed by atoms with Gasteiger partial charge in [-0.1, -0.05) is 13.8 Å². The number of amides is 1. The van der Waals surface area contributed by atoms with Crippen LogP contribution in [0.25, 0.3) is 5.76 Å². The van der Waals surface area contributed by atoms with Crippen LogP contribution < -0.4 is 5.73 Å². The largest absolute Gasteiger partial charge is 0.508 e. The van der Waals surface area contributed by atoms with E-state index in [2.05, 4.69) is 0 Å². The number of ether oxygens (including phenoxy) is 1. The van der Waals surface area contributed by atoms with Gasteiger partial charge in [0.15, 0.2) is 11.4 Å². The highest BCUT2D eigenvalue weighted by Crippen LogP contribution is 2.52. The molecule has 0 aromatic heterocycles. The lowest BCUT2D eigenvalue weighted by Gasteiger charge is -2.46. The molecule has 0 heterocycles. The topological polar surface area (TPSA) is 167 Å². The Morgan fingerprint density at radius 3 is 2.47 bits per heavy atom. The van der Waals surface area contributed by atoms with Crippen LogP contribution in [0.1, 0.15) is 48.9 Å². The molecule has 9 nitrogen and oxygen atoms in total. The van der Waals surface area contributed by atoms with Gasteiger partial charge in [-0.05, 0) is 53.9 Å². The van der Waals surface area contributed by atoms with E-state index in [0.29, 0.717) is 17.5 Å². The number of phenolic OH excluding ortho intramolecular Hbond substituents is 1. The summed E-state index contributed by atoms with van der Waals surface area (Å²) >= 11 is 0. The van der Waals surface area contributed by atoms with Crippen LogP contribution in [0.3, 0.4) is 0 Å². The molecule has 4 rings (SSSR count). The van der Waals surface area contributed by atoms with Crippen LogP contribution >= 0.6 is 0 Å². The number of phenols is 1. The number of benzene rings is 1. The Morgan fingerprint density at radius 2 is 1.88 bits per heavy atom. The molecule has 1 aromatic rings. The lowest BCUT2D eigenvalue weighted by Crippen LogP contribution is -2.58. The molecule has 0 aliphatic heterocycles. The van der Waals surface area contributed by atoms with Gasteiger partial charge in [0.1, 0.15) is 22.8 Å². The van der Waals surface area contributed by atoms with Gasteiger partial charge >= 0.3 is 0 Å². The first kappa shape index (κ1) is 24.0. The number of hydrogen-bond acceptors (Lipinski definition) is 8. The van der Waals surface area contributed by atoms with Crippen LogP contribution in [-0.4, -0.2) is 50.6 Å². The van der Waals surface area contributed by atoms with E-state index in [4.69, 9.17) is 10.5 Å². The van der Waals surface area contributed by atoms with Crippen LogP contribution in [-0.2, 0) is 38.6 Å². The molecule has 0 spiro atoms. The maximum atomic E-state index is 13.6. The molecule has 0 radical (unpaired) electrons. The molecule has 0 saturated heterocycles. The fraction of sp³-hybridized carbons (Fsp3) is 0.480. The minimum absolute atomic E-state index is 0.101. The molecular formula is C25H29NO8. The highest BCUT2D eigenvalue weighted by atomic mass is 16.5. The highest BCUT2D eigenvalue weighted by molar-refractivity contribution is 6.22. The molecule has 182 valence electrons. The van der Waals surface area contributed by atoms with Gasteiger partial charge in [-0.25, -0.2) is 0 Å². The molecular weight excluding hydrogens is 442 g/mol. The standard InChI is InChI=1S/C25H29NO8/c1-10(2)4-12-5-13(9-34-3)15-7-11-6-14-8-16(27)19(24(26)32)23(31)25(14,33)22(30)17(11)21(29)18(15)20(12)28/h5,10-11,14,28-29,31,33H,4,6-9H2,1-3H3,(H2,26,32). The predicted octanol–water partition coefficient (Wildman–Crippen LogP) is 1.77. The van der Waals surface area contributed by atoms with Gasteiger partial charge in [0.25, 0.3) is 5.91 Å². The van der Waals surface area contributed by atoms with Gasteiger partial charge in [-0.15, -0.1) is 0 Å². The Morgan fingerprint density at radius 1 is 1.21 bits per heavy atom. The van der Waals surface area contributed by atoms with E-state index in [-0.39, 0.29) is 48.7 Å². The summed E-state index contributed by atoms with van der Waals surface area (Å²) in [6.07, 6.45) is 0.549. The number of carbonyl (C=O) groups is 3. The van der Waals surface area contributed by atoms with E-state index in [1.54, 1.807) is 0 Å². The first-order chi connectivity index (χ1) is 15.9. The summed E-state index contributed by atoms with van der Waals surface area (Å²) in [5, 5.41) is 44.3. The Hall–Kier alpha value is -3.17. The second-order valence-electron chi connectivity index (χ2n) is 9.83. The van der Waals surface area contributed by atoms with Crippen molar-refractivity contribution in [1.29, 1.82) is 0 Å². The van der Waals surface area contributed by atoms with Crippen molar-refractivity contribution in [3.05, 3.63) is 45.2 Å². The summed E-state index contributed by atoms with van der Waals surface area (Å²) in [7, 11) is 1.54. The van der Waals surface area contributed by atoms with Crippen molar-refractivity contribution >= 4 is 23.2 Å². The molecule has 1 aromatic carbocycles. The molecule has 3 aliphatic rings. The van der Waals surface area contributed by atoms with E-state index in [1.807, 2.05) is 19.9 Å². The quantitative estimate of drug-likeness (QED) is 0.405. The zero-order valence-electron chi connectivity index (χ0n) is 19.3. The first-order valence-corrected chi connectivity index (χ1v) is 11.3. The normalized spacial score (nSPS) is 26.5. The number of ketones is 2. The fourth-order valence-corrected chi connectivity index (χ4v) is 5.71. The van der Waals surface area contributed by atoms with Crippen LogP contribution in [0.15, 0.2) is 23.0 Å². The second-order valence-corrected chi connectivity index (χ2v) is 9.83. The summed E-state index contributed by atoms with van der Waals surface area (Å²) < 4.78 is 5.34. The highest BCUT2D eigenvalue weighted by Gasteiger charge is 2.60. The third kappa shape index (κ3) is 3.33. The van der Waals surface area contributed by atoms with Crippen molar-refractivity contribution in [2.75, 3.05) is 7.11 Å². The molecule has 1 saturated carbocycles. The zero-order valence-corrected chi connectivity index (χ0v) is 19.3. The van der Waals surface area contributed by atoms with Crippen molar-refractivity contribution in [2.45, 2.75) is 51.7 Å². The molecule has 3 aliphatic carbocycles. The molecule has 0 bridgehead atoms. The lowest BCUT2D eigenvalue weighted by molar-refractivity contribution is -0.147. The lowest BCUT2D eigenvalue weighted by atomic mass is 9.59. The Kier molecular flexibility index (Phi) is 5.81. The van der Waals surface area contributed by atoms with E-state index >= 15 is 0 Å². The summed E-state index contributed by atoms with van der Waals surface area (Å²) in [5.74, 6) is -6.02. The summed E-state index contributed by atoms with van der Waals surface area (Å²) in [4.78, 5) is 37.7. The Bertz CT molecular complexity index is 1180. The van der Waals surface area contributed by atoms with Crippen molar-refractivity contribution in [2.24, 2.45) is 23.5 Å². The fourth-order valence-electron chi connectivity index (χ4n) is 5.71. The average molecular weight is 472 g/mol. The average Bonchev–Trinajstić information content (AvgIpc) is 2.73. The summed E-state index contributed by atoms with van der Waals surface area (Å²) in [5.41, 5.74) is 3.81. The number of carbonyl (C=O) groups excluding carboxylic acids is 3. The van der Waals surface area contributed by atoms with Crippen LogP contribution in [0.5, 0.6) is 5.75 Å². The van der Waals surface area contributed by atoms with Crippen molar-refractivity contribution < 1.29 is 39.5 Å². The monoisotopic (exact) mass is 471 g/mol. The third-order valence-electron chi connectivity index (χ3n) is 7.16. The van der Waals surface area contributed by atoms with Crippen molar-refractivity contribution in [3.8, 4) is 5.75 Å². The van der Waals surface area contributed by atoms with Gasteiger partial charge < -0.3 is 30.9 Å². The number of rotatable bonds is 5. The van der Waals surface area contributed by atoms with E-state index in [0.717, 1.165) is 5.56 Å². The molecule has 1 fully saturated rings. The second kappa shape index (κ2) is 8.25. The number of fused-ring (bicyclic) bond motifs is 3. The molecule has 1 amide bonds. The van der Waals surface area contributed by atoms with Crippen LogP contribution in [0, 0.1) is 17.8 Å². The Balaban J connectivity index is 1.94. The van der Waals surface area contributed by atoms with Crippen LogP contribution in [0.4, 0.5) is 0 Å². The number of aliphatic hydroxyl groups excluding tert-OH is 2. The number of nitrogens with two attached hydrogens (primary N) is 1. The van der Waals surface area contributed by atoms with Gasteiger partial charge in [0, 0.05) is 25.0 Å². The van der Waals surface area contributed by atoms with Gasteiger partial charge in [0.2, 0.25) is 5.78 Å². The first-order valence-electron chi connectivity index (χ1n) is 11.3. The van der Waals surface area contributed by atoms with E-state index in [9.17, 15) is 34.8 Å². The van der Waals surface area contributed by atoms with E-state index < -0.39 is 52.0 Å². The minimum atomic E-state index is -2.56. The number of primary amides is 1. The van der Waals surface area contributed by atoms with E-state index in [1.165, 1.54) is 7.11 Å². The molecule has 3 atom stereocenters. The summed E-state index contributed by atoms with van der Waals surface area (Å²) in [6.45, 7) is 4.20. The van der Waals surface area contributed by atoms with Crippen molar-refractivity contribution in [1.82, 2.24) is 0 Å².